The van der Waals surface area contributed by atoms with Crippen LogP contribution in [-0.2, 0) is 4.57 Å². The standard InChI is InChI=1S/C14H10OP/c15-16-13-7-3-1-5-11(13)9-10-12-6-2-4-8-14(12)16/h1-10H/q+1. The molecule has 16 heavy (non-hydrogen) atoms. The van der Waals surface area contributed by atoms with E-state index in [-0.39, 0.29) is 0 Å². The van der Waals surface area contributed by atoms with E-state index in [4.69, 9.17) is 0 Å². The molecule has 0 aliphatic heterocycles. The number of rotatable bonds is 0. The minimum Gasteiger partial charge on any atom is -0.0613 e. The fraction of sp³-hybridized carbons (Fsp3) is 0. The maximum atomic E-state index is 12.4. The zero-order chi connectivity index (χ0) is 11.0. The second kappa shape index (κ2) is 3.70. The highest BCUT2D eigenvalue weighted by Gasteiger charge is 2.11. The zero-order valence-corrected chi connectivity index (χ0v) is 9.52. The van der Waals surface area contributed by atoms with Crippen LogP contribution >= 0.6 is 7.41 Å². The lowest BCUT2D eigenvalue weighted by Gasteiger charge is -1.81. The van der Waals surface area contributed by atoms with Crippen LogP contribution in [-0.4, -0.2) is 0 Å². The number of hydrogen-bond donors (Lipinski definition) is 0. The van der Waals surface area contributed by atoms with E-state index < -0.39 is 7.41 Å². The zero-order valence-electron chi connectivity index (χ0n) is 8.63. The van der Waals surface area contributed by atoms with Gasteiger partial charge in [0.05, 0.1) is 0 Å². The van der Waals surface area contributed by atoms with Crippen LogP contribution < -0.4 is 0 Å². The van der Waals surface area contributed by atoms with E-state index in [1.165, 1.54) is 0 Å². The van der Waals surface area contributed by atoms with Gasteiger partial charge in [0.15, 0.2) is 0 Å². The highest BCUT2D eigenvalue weighted by molar-refractivity contribution is 7.48. The molecule has 0 bridgehead atoms. The molecule has 0 amide bonds. The first-order chi connectivity index (χ1) is 7.86. The molecule has 0 radical (unpaired) electrons. The third-order valence-electron chi connectivity index (χ3n) is 2.75. The molecule has 2 heteroatoms. The topological polar surface area (TPSA) is 17.1 Å². The molecule has 3 aromatic rings. The van der Waals surface area contributed by atoms with Gasteiger partial charge in [-0.3, -0.25) is 0 Å². The molecule has 0 N–H and O–H groups in total. The van der Waals surface area contributed by atoms with E-state index in [0.717, 1.165) is 21.0 Å². The Labute approximate surface area is 94.1 Å². The molecule has 1 aromatic heterocycles. The van der Waals surface area contributed by atoms with Crippen LogP contribution in [0.2, 0.25) is 0 Å². The molecule has 1 heterocycles. The number of fused-ring (bicyclic) bond motifs is 2. The van der Waals surface area contributed by atoms with Crippen LogP contribution in [0.3, 0.4) is 0 Å². The van der Waals surface area contributed by atoms with Crippen LogP contribution in [0.15, 0.2) is 60.7 Å². The molecule has 3 rings (SSSR count). The lowest BCUT2D eigenvalue weighted by molar-refractivity contribution is 0.602. The van der Waals surface area contributed by atoms with Crippen LogP contribution in [0.4, 0.5) is 0 Å². The van der Waals surface area contributed by atoms with Crippen molar-refractivity contribution < 1.29 is 4.57 Å². The Balaban J connectivity index is 2.69. The summed E-state index contributed by atoms with van der Waals surface area (Å²) in [6.07, 6.45) is 0. The van der Waals surface area contributed by atoms with E-state index >= 15 is 0 Å². The lowest BCUT2D eigenvalue weighted by atomic mass is 10.2. The van der Waals surface area contributed by atoms with E-state index in [1.807, 2.05) is 60.7 Å². The molecular formula is C14H10OP+. The van der Waals surface area contributed by atoms with Gasteiger partial charge in [-0.2, -0.15) is 0 Å². The first kappa shape index (κ1) is 9.50. The van der Waals surface area contributed by atoms with Crippen LogP contribution in [0.1, 0.15) is 0 Å². The normalized spacial score (nSPS) is 10.8. The van der Waals surface area contributed by atoms with Crippen molar-refractivity contribution in [2.24, 2.45) is 0 Å². The average molecular weight is 225 g/mol. The Bertz CT molecular complexity index is 673. The van der Waals surface area contributed by atoms with Gasteiger partial charge in [-0.25, -0.2) is 0 Å². The molecule has 0 saturated heterocycles. The Hall–Kier alpha value is -1.72. The van der Waals surface area contributed by atoms with E-state index in [9.17, 15) is 4.57 Å². The van der Waals surface area contributed by atoms with Crippen molar-refractivity contribution in [3.63, 3.8) is 0 Å². The van der Waals surface area contributed by atoms with Gasteiger partial charge in [-0.15, -0.1) is 0 Å². The van der Waals surface area contributed by atoms with Gasteiger partial charge in [0, 0.05) is 10.8 Å². The second-order valence-corrected chi connectivity index (χ2v) is 5.30. The van der Waals surface area contributed by atoms with Gasteiger partial charge in [-0.1, -0.05) is 41.0 Å². The minimum absolute atomic E-state index is 0.929. The summed E-state index contributed by atoms with van der Waals surface area (Å²) >= 11 is 0. The third-order valence-corrected chi connectivity index (χ3v) is 4.44. The Kier molecular flexibility index (Phi) is 2.19. The molecule has 1 nitrogen and oxygen atoms in total. The quantitative estimate of drug-likeness (QED) is 0.540. The largest absolute Gasteiger partial charge is 0.416 e. The van der Waals surface area contributed by atoms with Crippen molar-refractivity contribution in [3.05, 3.63) is 60.7 Å². The molecule has 2 aromatic carbocycles. The first-order valence-electron chi connectivity index (χ1n) is 5.20. The summed E-state index contributed by atoms with van der Waals surface area (Å²) in [4.78, 5) is 0. The molecular weight excluding hydrogens is 215 g/mol. The van der Waals surface area contributed by atoms with Gasteiger partial charge in [0.2, 0.25) is 10.2 Å². The molecule has 0 aliphatic carbocycles. The molecule has 0 aliphatic rings. The monoisotopic (exact) mass is 225 g/mol. The summed E-state index contributed by atoms with van der Waals surface area (Å²) in [6, 6.07) is 19.8. The summed E-state index contributed by atoms with van der Waals surface area (Å²) in [7, 11) is -1.46. The predicted molar refractivity (Wildman–Crippen MR) is 69.1 cm³/mol. The molecule has 0 atom stereocenters. The van der Waals surface area contributed by atoms with Crippen molar-refractivity contribution in [1.29, 1.82) is 0 Å². The molecule has 76 valence electrons. The van der Waals surface area contributed by atoms with E-state index in [2.05, 4.69) is 0 Å². The Morgan fingerprint density at radius 3 is 1.56 bits per heavy atom. The first-order valence-corrected chi connectivity index (χ1v) is 6.45. The fourth-order valence-electron chi connectivity index (χ4n) is 1.94. The summed E-state index contributed by atoms with van der Waals surface area (Å²) in [5.41, 5.74) is 0. The van der Waals surface area contributed by atoms with E-state index in [1.54, 1.807) is 0 Å². The van der Waals surface area contributed by atoms with Gasteiger partial charge in [0.25, 0.3) is 0 Å². The van der Waals surface area contributed by atoms with Gasteiger partial charge in [-0.05, 0) is 24.3 Å². The molecule has 0 spiro atoms. The summed E-state index contributed by atoms with van der Waals surface area (Å²) in [5, 5.41) is 3.97. The lowest BCUT2D eigenvalue weighted by Crippen LogP contribution is -1.61. The van der Waals surface area contributed by atoms with Crippen molar-refractivity contribution in [2.45, 2.75) is 0 Å². The maximum Gasteiger partial charge on any atom is 0.416 e. The second-order valence-electron chi connectivity index (χ2n) is 3.75. The van der Waals surface area contributed by atoms with Gasteiger partial charge in [0.1, 0.15) is 0 Å². The highest BCUT2D eigenvalue weighted by atomic mass is 31.1. The van der Waals surface area contributed by atoms with Crippen molar-refractivity contribution >= 4 is 28.4 Å². The van der Waals surface area contributed by atoms with E-state index in [0.29, 0.717) is 0 Å². The Morgan fingerprint density at radius 1 is 0.625 bits per heavy atom. The SMILES string of the molecule is O=[p+]1c2ccccc2ccc2ccccc21. The van der Waals surface area contributed by atoms with Crippen LogP contribution in [0.5, 0.6) is 0 Å². The van der Waals surface area contributed by atoms with Gasteiger partial charge >= 0.3 is 7.41 Å². The van der Waals surface area contributed by atoms with Crippen LogP contribution in [0.25, 0.3) is 21.0 Å². The molecule has 0 unspecified atom stereocenters. The third kappa shape index (κ3) is 1.41. The number of hydrogen-bond acceptors (Lipinski definition) is 1. The van der Waals surface area contributed by atoms with Crippen molar-refractivity contribution in [2.75, 3.05) is 0 Å². The molecule has 0 fully saturated rings. The van der Waals surface area contributed by atoms with Crippen LogP contribution in [0, 0.1) is 0 Å². The molecule has 0 saturated carbocycles. The predicted octanol–water partition coefficient (Wildman–Crippen LogP) is 4.74. The summed E-state index contributed by atoms with van der Waals surface area (Å²) < 4.78 is 12.4. The smallest absolute Gasteiger partial charge is 0.0613 e. The summed E-state index contributed by atoms with van der Waals surface area (Å²) in [5.74, 6) is 0. The van der Waals surface area contributed by atoms with Crippen molar-refractivity contribution in [3.8, 4) is 0 Å². The maximum absolute atomic E-state index is 12.4. The van der Waals surface area contributed by atoms with Gasteiger partial charge < -0.3 is 0 Å². The fourth-order valence-corrected chi connectivity index (χ4v) is 3.41. The number of benzene rings is 2. The summed E-state index contributed by atoms with van der Waals surface area (Å²) in [6.45, 7) is 0. The van der Waals surface area contributed by atoms with Crippen molar-refractivity contribution in [1.82, 2.24) is 0 Å². The highest BCUT2D eigenvalue weighted by Crippen LogP contribution is 2.34. The average Bonchev–Trinajstić information content (AvgIpc) is 2.49. The Morgan fingerprint density at radius 2 is 1.06 bits per heavy atom. The minimum atomic E-state index is -1.46.